The van der Waals surface area contributed by atoms with Crippen LogP contribution in [0, 0.1) is 0 Å². The van der Waals surface area contributed by atoms with E-state index in [9.17, 15) is 8.42 Å². The lowest BCUT2D eigenvalue weighted by molar-refractivity contribution is 0.0372. The summed E-state index contributed by atoms with van der Waals surface area (Å²) in [4.78, 5) is 2.56. The van der Waals surface area contributed by atoms with Crippen molar-refractivity contribution in [3.8, 4) is 5.75 Å². The molecule has 0 N–H and O–H groups in total. The Morgan fingerprint density at radius 2 is 1.88 bits per heavy atom. The van der Waals surface area contributed by atoms with E-state index >= 15 is 0 Å². The molecule has 1 saturated heterocycles. The third kappa shape index (κ3) is 3.22. The SMILES string of the molecule is CS(=O)(=O)c1ccccc1O[C@@H]1c2cc(Cl)cc(Cl)c2C[C@@H]1N1CCC1. The first-order valence-electron chi connectivity index (χ1n) is 8.52. The third-order valence-corrected chi connectivity index (χ3v) is 6.82. The molecule has 0 spiro atoms. The second kappa shape index (κ2) is 6.71. The zero-order chi connectivity index (χ0) is 18.5. The Bertz CT molecular complexity index is 957. The fourth-order valence-electron chi connectivity index (χ4n) is 3.74. The number of fused-ring (bicyclic) bond motifs is 1. The van der Waals surface area contributed by atoms with Crippen LogP contribution >= 0.6 is 23.2 Å². The van der Waals surface area contributed by atoms with Gasteiger partial charge in [-0.3, -0.25) is 4.90 Å². The van der Waals surface area contributed by atoms with Gasteiger partial charge in [0.05, 0.1) is 6.04 Å². The highest BCUT2D eigenvalue weighted by Gasteiger charge is 2.41. The number of nitrogens with zero attached hydrogens (tertiary/aromatic N) is 1. The Labute approximate surface area is 163 Å². The van der Waals surface area contributed by atoms with Gasteiger partial charge in [0, 0.05) is 21.9 Å². The lowest BCUT2D eigenvalue weighted by Gasteiger charge is -2.39. The van der Waals surface area contributed by atoms with E-state index in [1.165, 1.54) is 6.26 Å². The monoisotopic (exact) mass is 411 g/mol. The highest BCUT2D eigenvalue weighted by Crippen LogP contribution is 2.44. The predicted molar refractivity (Wildman–Crippen MR) is 103 cm³/mol. The average molecular weight is 412 g/mol. The van der Waals surface area contributed by atoms with Gasteiger partial charge in [0.15, 0.2) is 9.84 Å². The van der Waals surface area contributed by atoms with Crippen LogP contribution in [0.15, 0.2) is 41.3 Å². The summed E-state index contributed by atoms with van der Waals surface area (Å²) in [6.07, 6.45) is 2.83. The van der Waals surface area contributed by atoms with Gasteiger partial charge in [-0.05, 0) is 55.8 Å². The normalized spacial score (nSPS) is 22.7. The number of benzene rings is 2. The van der Waals surface area contributed by atoms with Gasteiger partial charge in [-0.2, -0.15) is 0 Å². The summed E-state index contributed by atoms with van der Waals surface area (Å²) in [6.45, 7) is 2.02. The maximum absolute atomic E-state index is 12.1. The van der Waals surface area contributed by atoms with Gasteiger partial charge >= 0.3 is 0 Å². The first-order chi connectivity index (χ1) is 12.3. The standard InChI is InChI=1S/C19H19Cl2NO3S/c1-26(23,24)18-6-3-2-5-17(18)25-19-14-9-12(20)10-15(21)13(14)11-16(19)22-7-4-8-22/h2-3,5-6,9-10,16,19H,4,7-8,11H2,1H3/t16-,19+/m0/s1. The number of halogens is 2. The number of hydrogen-bond acceptors (Lipinski definition) is 4. The van der Waals surface area contributed by atoms with Crippen LogP contribution in [0.1, 0.15) is 23.7 Å². The van der Waals surface area contributed by atoms with Crippen LogP contribution in [0.25, 0.3) is 0 Å². The molecule has 0 radical (unpaired) electrons. The van der Waals surface area contributed by atoms with E-state index in [0.29, 0.717) is 15.8 Å². The summed E-state index contributed by atoms with van der Waals surface area (Å²) in [7, 11) is -3.39. The van der Waals surface area contributed by atoms with E-state index in [0.717, 1.165) is 37.1 Å². The number of ether oxygens (including phenoxy) is 1. The van der Waals surface area contributed by atoms with Crippen molar-refractivity contribution < 1.29 is 13.2 Å². The van der Waals surface area contributed by atoms with Crippen molar-refractivity contribution in [2.45, 2.75) is 29.9 Å². The fourth-order valence-corrected chi connectivity index (χ4v) is 5.14. The highest BCUT2D eigenvalue weighted by atomic mass is 35.5. The molecule has 1 fully saturated rings. The smallest absolute Gasteiger partial charge is 0.179 e. The summed E-state index contributed by atoms with van der Waals surface area (Å²) < 4.78 is 30.6. The molecule has 2 aliphatic rings. The van der Waals surface area contributed by atoms with Crippen molar-refractivity contribution in [1.82, 2.24) is 4.90 Å². The van der Waals surface area contributed by atoms with Crippen molar-refractivity contribution in [2.75, 3.05) is 19.3 Å². The van der Waals surface area contributed by atoms with Gasteiger partial charge in [0.2, 0.25) is 0 Å². The van der Waals surface area contributed by atoms with Crippen molar-refractivity contribution in [3.63, 3.8) is 0 Å². The Morgan fingerprint density at radius 3 is 2.54 bits per heavy atom. The molecular formula is C19H19Cl2NO3S. The van der Waals surface area contributed by atoms with Gasteiger partial charge in [-0.25, -0.2) is 8.42 Å². The Hall–Kier alpha value is -1.27. The summed E-state index contributed by atoms with van der Waals surface area (Å²) in [5, 5.41) is 1.20. The summed E-state index contributed by atoms with van der Waals surface area (Å²) in [5.41, 5.74) is 1.98. The van der Waals surface area contributed by atoms with E-state index in [-0.39, 0.29) is 17.0 Å². The zero-order valence-electron chi connectivity index (χ0n) is 14.3. The molecule has 0 amide bonds. The third-order valence-electron chi connectivity index (χ3n) is 5.13. The summed E-state index contributed by atoms with van der Waals surface area (Å²) in [6, 6.07) is 10.5. The molecule has 1 aliphatic heterocycles. The van der Waals surface area contributed by atoms with Crippen LogP contribution < -0.4 is 4.74 Å². The number of likely N-dealkylation sites (tertiary alicyclic amines) is 1. The zero-order valence-corrected chi connectivity index (χ0v) is 16.6. The molecular weight excluding hydrogens is 393 g/mol. The second-order valence-electron chi connectivity index (χ2n) is 6.87. The Kier molecular flexibility index (Phi) is 4.68. The van der Waals surface area contributed by atoms with Gasteiger partial charge < -0.3 is 4.74 Å². The maximum atomic E-state index is 12.1. The Morgan fingerprint density at radius 1 is 1.15 bits per heavy atom. The van der Waals surface area contributed by atoms with E-state index < -0.39 is 9.84 Å². The first-order valence-corrected chi connectivity index (χ1v) is 11.2. The number of rotatable bonds is 4. The number of sulfone groups is 1. The predicted octanol–water partition coefficient (Wildman–Crippen LogP) is 4.15. The molecule has 138 valence electrons. The van der Waals surface area contributed by atoms with E-state index in [1.807, 2.05) is 6.07 Å². The Balaban J connectivity index is 1.77. The lowest BCUT2D eigenvalue weighted by Crippen LogP contribution is -2.48. The molecule has 1 aliphatic carbocycles. The second-order valence-corrected chi connectivity index (χ2v) is 9.70. The minimum Gasteiger partial charge on any atom is -0.483 e. The molecule has 4 nitrogen and oxygen atoms in total. The molecule has 0 saturated carbocycles. The molecule has 7 heteroatoms. The quantitative estimate of drug-likeness (QED) is 0.757. The minimum absolute atomic E-state index is 0.127. The van der Waals surface area contributed by atoms with Crippen LogP contribution in [-0.2, 0) is 16.3 Å². The minimum atomic E-state index is -3.39. The van der Waals surface area contributed by atoms with Crippen LogP contribution in [-0.4, -0.2) is 38.7 Å². The van der Waals surface area contributed by atoms with Gasteiger partial charge in [0.25, 0.3) is 0 Å². The van der Waals surface area contributed by atoms with Crippen molar-refractivity contribution in [3.05, 3.63) is 57.6 Å². The average Bonchev–Trinajstić information content (AvgIpc) is 2.84. The van der Waals surface area contributed by atoms with Gasteiger partial charge in [0.1, 0.15) is 16.7 Å². The number of hydrogen-bond donors (Lipinski definition) is 0. The van der Waals surface area contributed by atoms with Crippen molar-refractivity contribution in [1.29, 1.82) is 0 Å². The van der Waals surface area contributed by atoms with E-state index in [4.69, 9.17) is 27.9 Å². The molecule has 1 heterocycles. The van der Waals surface area contributed by atoms with Crippen LogP contribution in [0.3, 0.4) is 0 Å². The van der Waals surface area contributed by atoms with Crippen molar-refractivity contribution >= 4 is 33.0 Å². The molecule has 26 heavy (non-hydrogen) atoms. The maximum Gasteiger partial charge on any atom is 0.179 e. The fraction of sp³-hybridized carbons (Fsp3) is 0.368. The highest BCUT2D eigenvalue weighted by molar-refractivity contribution is 7.90. The molecule has 0 unspecified atom stereocenters. The topological polar surface area (TPSA) is 46.6 Å². The lowest BCUT2D eigenvalue weighted by atomic mass is 10.1. The molecule has 4 rings (SSSR count). The van der Waals surface area contributed by atoms with Gasteiger partial charge in [-0.1, -0.05) is 35.3 Å². The number of para-hydroxylation sites is 1. The molecule has 2 atom stereocenters. The summed E-state index contributed by atoms with van der Waals surface area (Å²) in [5.74, 6) is 0.370. The van der Waals surface area contributed by atoms with Crippen LogP contribution in [0.5, 0.6) is 5.75 Å². The van der Waals surface area contributed by atoms with E-state index in [1.54, 1.807) is 30.3 Å². The van der Waals surface area contributed by atoms with E-state index in [2.05, 4.69) is 4.90 Å². The largest absolute Gasteiger partial charge is 0.483 e. The van der Waals surface area contributed by atoms with Crippen LogP contribution in [0.4, 0.5) is 0 Å². The molecule has 2 aromatic rings. The van der Waals surface area contributed by atoms with Crippen molar-refractivity contribution in [2.24, 2.45) is 0 Å². The molecule has 0 bridgehead atoms. The van der Waals surface area contributed by atoms with Gasteiger partial charge in [-0.15, -0.1) is 0 Å². The molecule has 0 aromatic heterocycles. The molecule has 2 aromatic carbocycles. The van der Waals surface area contributed by atoms with Crippen LogP contribution in [0.2, 0.25) is 10.0 Å². The first kappa shape index (κ1) is 18.1. The summed E-state index contributed by atoms with van der Waals surface area (Å²) >= 11 is 12.7.